The van der Waals surface area contributed by atoms with Crippen molar-refractivity contribution >= 4 is 11.8 Å². The number of carbonyl (C=O) groups is 2. The van der Waals surface area contributed by atoms with Crippen LogP contribution in [0.15, 0.2) is 71.1 Å². The summed E-state index contributed by atoms with van der Waals surface area (Å²) < 4.78 is 16.7. The first-order valence-electron chi connectivity index (χ1n) is 10.7. The van der Waals surface area contributed by atoms with E-state index in [4.69, 9.17) is 14.2 Å². The average Bonchev–Trinajstić information content (AvgIpc) is 2.82. The van der Waals surface area contributed by atoms with Gasteiger partial charge >= 0.3 is 5.97 Å². The summed E-state index contributed by atoms with van der Waals surface area (Å²) in [7, 11) is 3.16. The molecule has 1 aliphatic heterocycles. The topological polar surface area (TPSA) is 73.9 Å². The van der Waals surface area contributed by atoms with Crippen molar-refractivity contribution in [2.75, 3.05) is 14.2 Å². The maximum absolute atomic E-state index is 13.4. The lowest BCUT2D eigenvalue weighted by atomic mass is 9.75. The van der Waals surface area contributed by atoms with Gasteiger partial charge in [0, 0.05) is 29.0 Å². The van der Waals surface area contributed by atoms with Crippen LogP contribution < -0.4 is 14.8 Å². The Morgan fingerprint density at radius 3 is 2.56 bits per heavy atom. The molecule has 4 rings (SSSR count). The molecule has 0 aromatic heterocycles. The Balaban J connectivity index is 1.79. The fraction of sp³-hybridized carbons (Fsp3) is 0.308. The fourth-order valence-corrected chi connectivity index (χ4v) is 4.43. The lowest BCUT2D eigenvalue weighted by Gasteiger charge is -2.34. The normalized spacial score (nSPS) is 18.1. The summed E-state index contributed by atoms with van der Waals surface area (Å²) >= 11 is 0. The highest BCUT2D eigenvalue weighted by Crippen LogP contribution is 2.46. The van der Waals surface area contributed by atoms with Crippen molar-refractivity contribution in [3.05, 3.63) is 82.2 Å². The number of hydrogen-bond donors (Lipinski definition) is 1. The Bertz CT molecular complexity index is 1100. The third kappa shape index (κ3) is 4.13. The lowest BCUT2D eigenvalue weighted by Crippen LogP contribution is -2.34. The lowest BCUT2D eigenvalue weighted by molar-refractivity contribution is -0.140. The molecule has 166 valence electrons. The van der Waals surface area contributed by atoms with E-state index in [1.54, 1.807) is 26.4 Å². The molecule has 0 spiro atoms. The molecule has 6 heteroatoms. The monoisotopic (exact) mass is 433 g/mol. The van der Waals surface area contributed by atoms with E-state index in [9.17, 15) is 9.59 Å². The van der Waals surface area contributed by atoms with Crippen molar-refractivity contribution in [3.63, 3.8) is 0 Å². The van der Waals surface area contributed by atoms with Crippen molar-refractivity contribution in [2.24, 2.45) is 0 Å². The van der Waals surface area contributed by atoms with Gasteiger partial charge in [-0.2, -0.15) is 0 Å². The second kappa shape index (κ2) is 9.30. The zero-order chi connectivity index (χ0) is 22.7. The van der Waals surface area contributed by atoms with E-state index in [1.165, 1.54) is 0 Å². The van der Waals surface area contributed by atoms with Gasteiger partial charge in [0.25, 0.3) is 0 Å². The minimum atomic E-state index is -0.590. The van der Waals surface area contributed by atoms with E-state index < -0.39 is 11.9 Å². The zero-order valence-electron chi connectivity index (χ0n) is 18.6. The molecule has 0 fully saturated rings. The molecule has 2 aromatic carbocycles. The van der Waals surface area contributed by atoms with Gasteiger partial charge in [-0.05, 0) is 43.5 Å². The fourth-order valence-electron chi connectivity index (χ4n) is 4.43. The summed E-state index contributed by atoms with van der Waals surface area (Å²) in [6.45, 7) is 2.00. The molecular weight excluding hydrogens is 406 g/mol. The maximum Gasteiger partial charge on any atom is 0.337 e. The summed E-state index contributed by atoms with van der Waals surface area (Å²) in [5, 5.41) is 3.31. The number of benzene rings is 2. The van der Waals surface area contributed by atoms with Crippen LogP contribution in [0.1, 0.15) is 43.2 Å². The van der Waals surface area contributed by atoms with E-state index >= 15 is 0 Å². The van der Waals surface area contributed by atoms with E-state index in [1.807, 2.05) is 43.3 Å². The molecule has 0 bridgehead atoms. The van der Waals surface area contributed by atoms with Crippen LogP contribution in [0.4, 0.5) is 0 Å². The standard InChI is InChI=1S/C26H27NO5/c1-16-23(26(29)32-15-17-8-5-4-6-9-17)24(25-20(27-16)10-7-11-21(25)28)19-14-18(30-2)12-13-22(19)31-3/h4-6,8-9,12-14,24,27H,7,10-11,15H2,1-3H3/t24-/m1/s1. The molecule has 6 nitrogen and oxygen atoms in total. The number of Topliss-reactive ketones (excluding diaryl/α,β-unsaturated/α-hetero) is 1. The minimum Gasteiger partial charge on any atom is -0.497 e. The van der Waals surface area contributed by atoms with Crippen LogP contribution in [0, 0.1) is 0 Å². The molecule has 1 N–H and O–H groups in total. The van der Waals surface area contributed by atoms with Gasteiger partial charge in [-0.1, -0.05) is 30.3 Å². The highest BCUT2D eigenvalue weighted by molar-refractivity contribution is 6.04. The van der Waals surface area contributed by atoms with Gasteiger partial charge in [-0.25, -0.2) is 4.79 Å². The van der Waals surface area contributed by atoms with Crippen LogP contribution in [0.25, 0.3) is 0 Å². The number of ketones is 1. The van der Waals surface area contributed by atoms with E-state index in [0.29, 0.717) is 40.3 Å². The highest BCUT2D eigenvalue weighted by atomic mass is 16.5. The van der Waals surface area contributed by atoms with Gasteiger partial charge in [-0.15, -0.1) is 0 Å². The van der Waals surface area contributed by atoms with Gasteiger partial charge in [0.05, 0.1) is 25.7 Å². The van der Waals surface area contributed by atoms with Gasteiger partial charge in [0.1, 0.15) is 18.1 Å². The first kappa shape index (κ1) is 21.7. The van der Waals surface area contributed by atoms with Crippen LogP contribution in [-0.4, -0.2) is 26.0 Å². The largest absolute Gasteiger partial charge is 0.497 e. The Labute approximate surface area is 187 Å². The highest BCUT2D eigenvalue weighted by Gasteiger charge is 2.40. The SMILES string of the molecule is COc1ccc(OC)c([C@@H]2C(C(=O)OCc3ccccc3)=C(C)NC3=C2C(=O)CCC3)c1. The Kier molecular flexibility index (Phi) is 6.30. The van der Waals surface area contributed by atoms with Crippen molar-refractivity contribution < 1.29 is 23.8 Å². The summed E-state index contributed by atoms with van der Waals surface area (Å²) in [6, 6.07) is 14.9. The van der Waals surface area contributed by atoms with E-state index in [2.05, 4.69) is 5.32 Å². The Morgan fingerprint density at radius 1 is 1.06 bits per heavy atom. The van der Waals surface area contributed by atoms with E-state index in [0.717, 1.165) is 24.1 Å². The Morgan fingerprint density at radius 2 is 1.84 bits per heavy atom. The molecule has 0 radical (unpaired) electrons. The maximum atomic E-state index is 13.4. The summed E-state index contributed by atoms with van der Waals surface area (Å²) in [4.78, 5) is 26.5. The van der Waals surface area contributed by atoms with E-state index in [-0.39, 0.29) is 12.4 Å². The van der Waals surface area contributed by atoms with Crippen molar-refractivity contribution in [2.45, 2.75) is 38.7 Å². The molecule has 32 heavy (non-hydrogen) atoms. The van der Waals surface area contributed by atoms with Crippen molar-refractivity contribution in [3.8, 4) is 11.5 Å². The molecule has 1 atom stereocenters. The van der Waals surface area contributed by atoms with Crippen LogP contribution in [0.3, 0.4) is 0 Å². The van der Waals surface area contributed by atoms with Crippen LogP contribution in [-0.2, 0) is 20.9 Å². The summed E-state index contributed by atoms with van der Waals surface area (Å²) in [5.41, 5.74) is 4.19. The first-order chi connectivity index (χ1) is 15.5. The first-order valence-corrected chi connectivity index (χ1v) is 10.7. The molecule has 0 unspecified atom stereocenters. The number of nitrogens with one attached hydrogen (secondary N) is 1. The number of esters is 1. The zero-order valence-corrected chi connectivity index (χ0v) is 18.6. The van der Waals surface area contributed by atoms with Gasteiger partial charge in [-0.3, -0.25) is 4.79 Å². The number of hydrogen-bond acceptors (Lipinski definition) is 6. The summed E-state index contributed by atoms with van der Waals surface area (Å²) in [5.74, 6) is 0.198. The third-order valence-corrected chi connectivity index (χ3v) is 5.96. The number of ether oxygens (including phenoxy) is 3. The molecule has 1 aliphatic carbocycles. The molecule has 0 saturated heterocycles. The smallest absolute Gasteiger partial charge is 0.337 e. The summed E-state index contributed by atoms with van der Waals surface area (Å²) in [6.07, 6.45) is 2.00. The van der Waals surface area contributed by atoms with Gasteiger partial charge in [0.15, 0.2) is 5.78 Å². The molecule has 2 aliphatic rings. The predicted molar refractivity (Wildman–Crippen MR) is 120 cm³/mol. The van der Waals surface area contributed by atoms with Crippen LogP contribution >= 0.6 is 0 Å². The second-order valence-electron chi connectivity index (χ2n) is 7.94. The minimum absolute atomic E-state index is 0.0366. The number of dihydropyridines is 1. The molecular formula is C26H27NO5. The second-order valence-corrected chi connectivity index (χ2v) is 7.94. The quantitative estimate of drug-likeness (QED) is 0.680. The Hall–Kier alpha value is -3.54. The van der Waals surface area contributed by atoms with Crippen molar-refractivity contribution in [1.29, 1.82) is 0 Å². The molecule has 1 heterocycles. The molecule has 0 saturated carbocycles. The number of carbonyl (C=O) groups excluding carboxylic acids is 2. The third-order valence-electron chi connectivity index (χ3n) is 5.96. The predicted octanol–water partition coefficient (Wildman–Crippen LogP) is 4.42. The van der Waals surface area contributed by atoms with Crippen LogP contribution in [0.2, 0.25) is 0 Å². The number of methoxy groups -OCH3 is 2. The molecule has 2 aromatic rings. The average molecular weight is 434 g/mol. The van der Waals surface area contributed by atoms with Crippen molar-refractivity contribution in [1.82, 2.24) is 5.32 Å². The molecule has 0 amide bonds. The number of rotatable bonds is 6. The van der Waals surface area contributed by atoms with Gasteiger partial charge < -0.3 is 19.5 Å². The van der Waals surface area contributed by atoms with Crippen LogP contribution in [0.5, 0.6) is 11.5 Å². The van der Waals surface area contributed by atoms with Gasteiger partial charge in [0.2, 0.25) is 0 Å². The number of allylic oxidation sites excluding steroid dienone is 3.